The summed E-state index contributed by atoms with van der Waals surface area (Å²) in [5.74, 6) is -1.71. The normalized spacial score (nSPS) is 10.3. The lowest BCUT2D eigenvalue weighted by atomic mass is 10.1. The summed E-state index contributed by atoms with van der Waals surface area (Å²) in [4.78, 5) is 26.6. The van der Waals surface area contributed by atoms with Crippen LogP contribution in [0.4, 0.5) is 16.2 Å². The zero-order chi connectivity index (χ0) is 17.1. The van der Waals surface area contributed by atoms with Crippen molar-refractivity contribution in [2.24, 2.45) is 0 Å². The van der Waals surface area contributed by atoms with Gasteiger partial charge in [-0.1, -0.05) is 18.2 Å². The van der Waals surface area contributed by atoms with Gasteiger partial charge in [0.15, 0.2) is 11.4 Å². The lowest BCUT2D eigenvalue weighted by Gasteiger charge is -2.09. The van der Waals surface area contributed by atoms with E-state index >= 15 is 0 Å². The number of urea groups is 1. The molecule has 0 unspecified atom stereocenters. The van der Waals surface area contributed by atoms with Crippen molar-refractivity contribution in [3.05, 3.63) is 60.4 Å². The molecule has 0 aliphatic heterocycles. The Morgan fingerprint density at radius 3 is 2.38 bits per heavy atom. The molecule has 0 bridgehead atoms. The molecular weight excluding hydrogens is 310 g/mol. The molecule has 120 valence electrons. The maximum absolute atomic E-state index is 12.0. The Morgan fingerprint density at radius 1 is 0.958 bits per heavy atom. The molecule has 0 saturated heterocycles. The number of benzene rings is 2. The average molecular weight is 323 g/mol. The van der Waals surface area contributed by atoms with Gasteiger partial charge in [-0.25, -0.2) is 14.6 Å². The van der Waals surface area contributed by atoms with Crippen molar-refractivity contribution >= 4 is 34.1 Å². The average Bonchev–Trinajstić information content (AvgIpc) is 2.55. The third-order valence-corrected chi connectivity index (χ3v) is 3.36. The SMILES string of the molecule is O=C(Nc1ccccc1)Nc1ccc2c(O)c(C(=O)O)ncc2c1. The van der Waals surface area contributed by atoms with Crippen molar-refractivity contribution in [2.45, 2.75) is 0 Å². The van der Waals surface area contributed by atoms with Gasteiger partial charge in [-0.15, -0.1) is 0 Å². The van der Waals surface area contributed by atoms with Crippen molar-refractivity contribution < 1.29 is 19.8 Å². The van der Waals surface area contributed by atoms with Gasteiger partial charge in [-0.2, -0.15) is 0 Å². The molecule has 7 heteroatoms. The highest BCUT2D eigenvalue weighted by molar-refractivity contribution is 6.03. The van der Waals surface area contributed by atoms with Gasteiger partial charge in [0.2, 0.25) is 0 Å². The molecule has 0 aliphatic carbocycles. The summed E-state index contributed by atoms with van der Waals surface area (Å²) in [5, 5.41) is 25.1. The van der Waals surface area contributed by atoms with Crippen LogP contribution < -0.4 is 10.6 Å². The first-order valence-electron chi connectivity index (χ1n) is 7.02. The third-order valence-electron chi connectivity index (χ3n) is 3.36. The molecular formula is C17H13N3O4. The summed E-state index contributed by atoms with van der Waals surface area (Å²) in [6, 6.07) is 13.2. The van der Waals surface area contributed by atoms with Crippen LogP contribution in [-0.4, -0.2) is 27.2 Å². The maximum Gasteiger partial charge on any atom is 0.358 e. The van der Waals surface area contributed by atoms with Crippen molar-refractivity contribution in [2.75, 3.05) is 10.6 Å². The largest absolute Gasteiger partial charge is 0.505 e. The number of amides is 2. The predicted octanol–water partition coefficient (Wildman–Crippen LogP) is 3.28. The summed E-state index contributed by atoms with van der Waals surface area (Å²) >= 11 is 0. The van der Waals surface area contributed by atoms with Crippen LogP contribution in [0.5, 0.6) is 5.75 Å². The second-order valence-corrected chi connectivity index (χ2v) is 5.01. The van der Waals surface area contributed by atoms with E-state index in [4.69, 9.17) is 5.11 Å². The Balaban J connectivity index is 1.82. The van der Waals surface area contributed by atoms with E-state index in [1.807, 2.05) is 6.07 Å². The molecule has 4 N–H and O–H groups in total. The zero-order valence-electron chi connectivity index (χ0n) is 12.4. The fourth-order valence-corrected chi connectivity index (χ4v) is 2.26. The van der Waals surface area contributed by atoms with Crippen LogP contribution in [0.1, 0.15) is 10.5 Å². The number of nitrogens with zero attached hydrogens (tertiary/aromatic N) is 1. The number of rotatable bonds is 3. The minimum absolute atomic E-state index is 0.344. The fourth-order valence-electron chi connectivity index (χ4n) is 2.26. The molecule has 7 nitrogen and oxygen atoms in total. The topological polar surface area (TPSA) is 112 Å². The number of carboxylic acids is 1. The number of hydrogen-bond donors (Lipinski definition) is 4. The molecule has 0 atom stereocenters. The summed E-state index contributed by atoms with van der Waals surface area (Å²) < 4.78 is 0. The van der Waals surface area contributed by atoms with Gasteiger partial charge >= 0.3 is 12.0 Å². The Hall–Kier alpha value is -3.61. The van der Waals surface area contributed by atoms with Crippen LogP contribution in [0.3, 0.4) is 0 Å². The molecule has 0 radical (unpaired) electrons. The van der Waals surface area contributed by atoms with Crippen LogP contribution in [0.2, 0.25) is 0 Å². The van der Waals surface area contributed by atoms with Gasteiger partial charge in [0.25, 0.3) is 0 Å². The lowest BCUT2D eigenvalue weighted by molar-refractivity contribution is 0.0687. The number of fused-ring (bicyclic) bond motifs is 1. The molecule has 0 spiro atoms. The highest BCUT2D eigenvalue weighted by Crippen LogP contribution is 2.29. The van der Waals surface area contributed by atoms with E-state index in [-0.39, 0.29) is 0 Å². The first-order valence-corrected chi connectivity index (χ1v) is 7.02. The number of carbonyl (C=O) groups excluding carboxylic acids is 1. The molecule has 24 heavy (non-hydrogen) atoms. The molecule has 0 saturated carbocycles. The zero-order valence-corrected chi connectivity index (χ0v) is 12.4. The number of hydrogen-bond acceptors (Lipinski definition) is 4. The Labute approximate surface area is 136 Å². The van der Waals surface area contributed by atoms with Crippen molar-refractivity contribution in [1.29, 1.82) is 0 Å². The Bertz CT molecular complexity index is 926. The monoisotopic (exact) mass is 323 g/mol. The van der Waals surface area contributed by atoms with E-state index in [2.05, 4.69) is 15.6 Å². The summed E-state index contributed by atoms with van der Waals surface area (Å²) in [7, 11) is 0. The minimum atomic E-state index is -1.31. The number of aromatic nitrogens is 1. The number of aromatic hydroxyl groups is 1. The molecule has 1 aromatic heterocycles. The summed E-state index contributed by atoms with van der Waals surface area (Å²) in [6.45, 7) is 0. The number of nitrogens with one attached hydrogen (secondary N) is 2. The number of carbonyl (C=O) groups is 2. The summed E-state index contributed by atoms with van der Waals surface area (Å²) in [6.07, 6.45) is 1.33. The van der Waals surface area contributed by atoms with Crippen LogP contribution in [0.25, 0.3) is 10.8 Å². The lowest BCUT2D eigenvalue weighted by Crippen LogP contribution is -2.19. The number of anilines is 2. The Morgan fingerprint density at radius 2 is 1.67 bits per heavy atom. The first kappa shape index (κ1) is 15.3. The smallest absolute Gasteiger partial charge is 0.358 e. The fraction of sp³-hybridized carbons (Fsp3) is 0. The van der Waals surface area contributed by atoms with Crippen LogP contribution in [0, 0.1) is 0 Å². The molecule has 3 rings (SSSR count). The van der Waals surface area contributed by atoms with Crippen LogP contribution >= 0.6 is 0 Å². The number of pyridine rings is 1. The van der Waals surface area contributed by atoms with Crippen LogP contribution in [-0.2, 0) is 0 Å². The molecule has 0 aliphatic rings. The van der Waals surface area contributed by atoms with Crippen molar-refractivity contribution in [3.8, 4) is 5.75 Å². The predicted molar refractivity (Wildman–Crippen MR) is 89.5 cm³/mol. The van der Waals surface area contributed by atoms with Gasteiger partial charge in [0.1, 0.15) is 0 Å². The second-order valence-electron chi connectivity index (χ2n) is 5.01. The highest BCUT2D eigenvalue weighted by Gasteiger charge is 2.14. The third kappa shape index (κ3) is 3.09. The van der Waals surface area contributed by atoms with Crippen LogP contribution in [0.15, 0.2) is 54.7 Å². The first-order chi connectivity index (χ1) is 11.5. The number of aromatic carboxylic acids is 1. The van der Waals surface area contributed by atoms with Gasteiger partial charge in [-0.3, -0.25) is 0 Å². The van der Waals surface area contributed by atoms with E-state index in [1.165, 1.54) is 12.3 Å². The van der Waals surface area contributed by atoms with E-state index in [9.17, 15) is 14.7 Å². The van der Waals surface area contributed by atoms with Gasteiger partial charge in [-0.05, 0) is 30.3 Å². The maximum atomic E-state index is 12.0. The second kappa shape index (κ2) is 6.25. The molecule has 1 heterocycles. The molecule has 2 aromatic carbocycles. The minimum Gasteiger partial charge on any atom is -0.505 e. The van der Waals surface area contributed by atoms with Gasteiger partial charge in [0, 0.05) is 28.3 Å². The molecule has 0 fully saturated rings. The number of carboxylic acid groups (broad SMARTS) is 1. The van der Waals surface area contributed by atoms with Gasteiger partial charge < -0.3 is 20.8 Å². The standard InChI is InChI=1S/C17H13N3O4/c21-15-13-7-6-12(8-10(13)9-18-14(15)16(22)23)20-17(24)19-11-4-2-1-3-5-11/h1-9,21H,(H,22,23)(H2,19,20,24). The van der Waals surface area contributed by atoms with Crippen molar-refractivity contribution in [3.63, 3.8) is 0 Å². The number of para-hydroxylation sites is 1. The molecule has 3 aromatic rings. The van der Waals surface area contributed by atoms with Gasteiger partial charge in [0.05, 0.1) is 0 Å². The quantitative estimate of drug-likeness (QED) is 0.591. The van der Waals surface area contributed by atoms with E-state index in [1.54, 1.807) is 36.4 Å². The van der Waals surface area contributed by atoms with E-state index in [0.717, 1.165) is 0 Å². The van der Waals surface area contributed by atoms with E-state index in [0.29, 0.717) is 22.1 Å². The highest BCUT2D eigenvalue weighted by atomic mass is 16.4. The summed E-state index contributed by atoms with van der Waals surface area (Å²) in [5.41, 5.74) is 0.728. The van der Waals surface area contributed by atoms with Crippen molar-refractivity contribution in [1.82, 2.24) is 4.98 Å². The molecule has 2 amide bonds. The Kier molecular flexibility index (Phi) is 3.98. The van der Waals surface area contributed by atoms with E-state index < -0.39 is 23.4 Å².